The molecular formula is C76H141NO18. The highest BCUT2D eigenvalue weighted by Crippen LogP contribution is 2.33. The summed E-state index contributed by atoms with van der Waals surface area (Å²) in [6.07, 6.45) is 42.8. The van der Waals surface area contributed by atoms with Gasteiger partial charge in [-0.05, 0) is 51.4 Å². The molecule has 19 nitrogen and oxygen atoms in total. The first kappa shape index (κ1) is 87.2. The number of carbonyl (C=O) groups excluding carboxylic acids is 1. The molecule has 0 aromatic rings. The lowest BCUT2D eigenvalue weighted by atomic mass is 9.96. The molecule has 0 aromatic carbocycles. The van der Waals surface area contributed by atoms with Crippen LogP contribution in [0.5, 0.6) is 0 Å². The quantitative estimate of drug-likeness (QED) is 0.0199. The third kappa shape index (κ3) is 38.6. The van der Waals surface area contributed by atoms with Crippen LogP contribution in [0, 0.1) is 0 Å². The maximum absolute atomic E-state index is 13.4. The minimum Gasteiger partial charge on any atom is -0.394 e. The van der Waals surface area contributed by atoms with Gasteiger partial charge in [0.15, 0.2) is 18.9 Å². The Labute approximate surface area is 574 Å². The van der Waals surface area contributed by atoms with Gasteiger partial charge in [0.2, 0.25) is 5.91 Å². The van der Waals surface area contributed by atoms with Gasteiger partial charge in [0.25, 0.3) is 0 Å². The van der Waals surface area contributed by atoms with E-state index in [4.69, 9.17) is 28.4 Å². The van der Waals surface area contributed by atoms with E-state index in [-0.39, 0.29) is 18.9 Å². The topological polar surface area (TPSA) is 307 Å². The van der Waals surface area contributed by atoms with Gasteiger partial charge in [0, 0.05) is 6.42 Å². The lowest BCUT2D eigenvalue weighted by Crippen LogP contribution is -2.66. The van der Waals surface area contributed by atoms with E-state index < -0.39 is 124 Å². The largest absolute Gasteiger partial charge is 0.394 e. The van der Waals surface area contributed by atoms with Crippen LogP contribution in [0.15, 0.2) is 36.5 Å². The first-order valence-electron chi connectivity index (χ1n) is 38.7. The van der Waals surface area contributed by atoms with Crippen molar-refractivity contribution < 1.29 is 89.4 Å². The minimum absolute atomic E-state index is 0.235. The second-order valence-corrected chi connectivity index (χ2v) is 27.8. The fraction of sp³-hybridized carbons (Fsp3) is 0.908. The van der Waals surface area contributed by atoms with E-state index in [1.807, 2.05) is 6.08 Å². The highest BCUT2D eigenvalue weighted by Gasteiger charge is 2.53. The van der Waals surface area contributed by atoms with Crippen LogP contribution in [-0.4, -0.2) is 193 Å². The van der Waals surface area contributed by atoms with E-state index in [2.05, 4.69) is 43.5 Å². The predicted octanol–water partition coefficient (Wildman–Crippen LogP) is 11.9. The van der Waals surface area contributed by atoms with Gasteiger partial charge in [-0.3, -0.25) is 4.79 Å². The second-order valence-electron chi connectivity index (χ2n) is 27.8. The highest BCUT2D eigenvalue weighted by atomic mass is 16.8. The van der Waals surface area contributed by atoms with E-state index in [9.17, 15) is 61.0 Å². The monoisotopic (exact) mass is 1360 g/mol. The summed E-state index contributed by atoms with van der Waals surface area (Å²) < 4.78 is 34.4. The van der Waals surface area contributed by atoms with Crippen molar-refractivity contribution >= 4 is 5.91 Å². The average Bonchev–Trinajstić information content (AvgIpc) is 0.787. The summed E-state index contributed by atoms with van der Waals surface area (Å²) in [6, 6.07) is -0.978. The summed E-state index contributed by atoms with van der Waals surface area (Å²) in [5.74, 6) is -0.281. The van der Waals surface area contributed by atoms with Crippen LogP contribution < -0.4 is 5.32 Å². The number of aliphatic hydroxyl groups is 11. The summed E-state index contributed by atoms with van der Waals surface area (Å²) in [5.41, 5.74) is 0. The Balaban J connectivity index is 1.37. The van der Waals surface area contributed by atoms with Gasteiger partial charge in [-0.2, -0.15) is 0 Å². The molecule has 3 rings (SSSR count). The first-order valence-corrected chi connectivity index (χ1v) is 38.7. The number of carbonyl (C=O) groups is 1. The van der Waals surface area contributed by atoms with E-state index in [0.717, 1.165) is 83.5 Å². The lowest BCUT2D eigenvalue weighted by molar-refractivity contribution is -0.379. The van der Waals surface area contributed by atoms with Crippen molar-refractivity contribution in [1.29, 1.82) is 0 Å². The van der Waals surface area contributed by atoms with Gasteiger partial charge >= 0.3 is 0 Å². The summed E-state index contributed by atoms with van der Waals surface area (Å²) >= 11 is 0. The number of aliphatic hydroxyl groups excluding tert-OH is 11. The van der Waals surface area contributed by atoms with Gasteiger partial charge in [-0.25, -0.2) is 0 Å². The van der Waals surface area contributed by atoms with E-state index in [1.54, 1.807) is 6.08 Å². The number of ether oxygens (including phenoxy) is 6. The number of allylic oxidation sites excluding steroid dienone is 5. The van der Waals surface area contributed by atoms with Crippen molar-refractivity contribution in [3.8, 4) is 0 Å². The Morgan fingerprint density at radius 1 is 0.379 bits per heavy atom. The molecular weight excluding hydrogens is 1210 g/mol. The van der Waals surface area contributed by atoms with Gasteiger partial charge in [-0.15, -0.1) is 0 Å². The van der Waals surface area contributed by atoms with E-state index in [0.29, 0.717) is 6.42 Å². The molecule has 17 unspecified atom stereocenters. The van der Waals surface area contributed by atoms with Crippen molar-refractivity contribution in [3.05, 3.63) is 36.5 Å². The second kappa shape index (κ2) is 57.6. The number of hydrogen-bond acceptors (Lipinski definition) is 18. The molecule has 0 radical (unpaired) electrons. The molecule has 17 atom stereocenters. The maximum Gasteiger partial charge on any atom is 0.220 e. The minimum atomic E-state index is -1.98. The summed E-state index contributed by atoms with van der Waals surface area (Å²) in [5, 5.41) is 121. The smallest absolute Gasteiger partial charge is 0.220 e. The van der Waals surface area contributed by atoms with Crippen molar-refractivity contribution in [2.75, 3.05) is 26.4 Å². The molecule has 3 fully saturated rings. The van der Waals surface area contributed by atoms with E-state index >= 15 is 0 Å². The molecule has 19 heteroatoms. The lowest BCUT2D eigenvalue weighted by Gasteiger charge is -2.48. The van der Waals surface area contributed by atoms with Crippen LogP contribution >= 0.6 is 0 Å². The van der Waals surface area contributed by atoms with Gasteiger partial charge in [0.05, 0.1) is 38.6 Å². The van der Waals surface area contributed by atoms with Crippen molar-refractivity contribution in [1.82, 2.24) is 5.32 Å². The average molecular weight is 1360 g/mol. The van der Waals surface area contributed by atoms with Gasteiger partial charge < -0.3 is 89.9 Å². The Morgan fingerprint density at radius 3 is 1.09 bits per heavy atom. The zero-order chi connectivity index (χ0) is 68.9. The van der Waals surface area contributed by atoms with Crippen LogP contribution in [-0.2, 0) is 33.2 Å². The zero-order valence-corrected chi connectivity index (χ0v) is 59.4. The molecule has 0 bridgehead atoms. The van der Waals surface area contributed by atoms with Crippen LogP contribution in [0.3, 0.4) is 0 Å². The Morgan fingerprint density at radius 2 is 0.695 bits per heavy atom. The predicted molar refractivity (Wildman–Crippen MR) is 374 cm³/mol. The number of hydrogen-bond donors (Lipinski definition) is 12. The molecule has 0 spiro atoms. The molecule has 1 amide bonds. The Hall–Kier alpha value is -1.99. The van der Waals surface area contributed by atoms with Crippen LogP contribution in [0.1, 0.15) is 309 Å². The molecule has 3 heterocycles. The zero-order valence-electron chi connectivity index (χ0n) is 59.4. The Kier molecular flexibility index (Phi) is 52.9. The molecule has 0 saturated carbocycles. The molecule has 3 aliphatic heterocycles. The first-order chi connectivity index (χ1) is 46.3. The summed E-state index contributed by atoms with van der Waals surface area (Å²) in [4.78, 5) is 13.4. The summed E-state index contributed by atoms with van der Waals surface area (Å²) in [7, 11) is 0. The van der Waals surface area contributed by atoms with Crippen molar-refractivity contribution in [2.45, 2.75) is 413 Å². The molecule has 0 aliphatic carbocycles. The molecule has 95 heavy (non-hydrogen) atoms. The fourth-order valence-electron chi connectivity index (χ4n) is 13.2. The number of rotatable bonds is 61. The number of unbranched alkanes of at least 4 members (excludes halogenated alkanes) is 41. The standard InChI is InChI=1S/C76H141NO18/c1-3-5-7-9-11-13-15-17-19-21-22-23-24-25-26-27-28-29-30-31-32-33-34-35-36-38-39-41-43-45-47-49-51-53-60(81)59(77-64(82)54-52-50-48-46-44-42-40-37-20-18-16-14-12-10-8-6-4-2)58-90-74-70(88)67(85)72(62(56-79)92-74)95-76-71(89)68(86)73(63(57-80)93-76)94-75-69(87)66(84)65(83)61(55-78)91-75/h12,14,18,20,51,53,59-63,65-76,78-81,83-89H,3-11,13,15-17,19,21-50,52,54-58H2,1-2H3,(H,77,82)/b14-12-,20-18-,53-51+. The third-order valence-corrected chi connectivity index (χ3v) is 19.4. The molecule has 3 saturated heterocycles. The Bertz CT molecular complexity index is 1860. The maximum atomic E-state index is 13.4. The van der Waals surface area contributed by atoms with E-state index in [1.165, 1.54) is 199 Å². The van der Waals surface area contributed by atoms with Crippen molar-refractivity contribution in [2.24, 2.45) is 0 Å². The van der Waals surface area contributed by atoms with Gasteiger partial charge in [0.1, 0.15) is 73.2 Å². The number of nitrogens with one attached hydrogen (secondary N) is 1. The molecule has 3 aliphatic rings. The normalized spacial score (nSPS) is 27.4. The molecule has 558 valence electrons. The fourth-order valence-corrected chi connectivity index (χ4v) is 13.2. The molecule has 12 N–H and O–H groups in total. The highest BCUT2D eigenvalue weighted by molar-refractivity contribution is 5.76. The number of amides is 1. The van der Waals surface area contributed by atoms with Gasteiger partial charge in [-0.1, -0.05) is 288 Å². The van der Waals surface area contributed by atoms with Crippen LogP contribution in [0.4, 0.5) is 0 Å². The summed E-state index contributed by atoms with van der Waals surface area (Å²) in [6.45, 7) is 1.74. The van der Waals surface area contributed by atoms with Crippen LogP contribution in [0.2, 0.25) is 0 Å². The third-order valence-electron chi connectivity index (χ3n) is 19.4. The van der Waals surface area contributed by atoms with Crippen molar-refractivity contribution in [3.63, 3.8) is 0 Å². The SMILES string of the molecule is CCCCC/C=C\C/C=C\CCCCCCCCCC(=O)NC(COC1OC(CO)C(OC2OC(CO)C(OC3OC(CO)C(O)C(O)C3O)C(O)C2O)C(O)C1O)C(O)/C=C/CCCCCCCCCCCCCCCCCCCCCCCCCCCCCCCCC. The molecule has 0 aromatic heterocycles. The van der Waals surface area contributed by atoms with Crippen LogP contribution in [0.25, 0.3) is 0 Å².